The number of amides is 1. The Bertz CT molecular complexity index is 362. The van der Waals surface area contributed by atoms with Gasteiger partial charge in [0.15, 0.2) is 16.4 Å². The molecule has 1 unspecified atom stereocenters. The lowest BCUT2D eigenvalue weighted by atomic mass is 10.1. The van der Waals surface area contributed by atoms with E-state index in [4.69, 9.17) is 5.11 Å². The lowest BCUT2D eigenvalue weighted by Crippen LogP contribution is -2.33. The minimum atomic E-state index is -3.11. The van der Waals surface area contributed by atoms with Crippen LogP contribution in [-0.4, -0.2) is 43.5 Å². The molecule has 0 aromatic rings. The van der Waals surface area contributed by atoms with E-state index in [9.17, 15) is 18.0 Å². The molecule has 0 aromatic carbocycles. The van der Waals surface area contributed by atoms with Crippen molar-refractivity contribution in [3.8, 4) is 0 Å². The van der Waals surface area contributed by atoms with Crippen molar-refractivity contribution in [1.82, 2.24) is 5.48 Å². The summed E-state index contributed by atoms with van der Waals surface area (Å²) in [6.45, 7) is -0.648. The van der Waals surface area contributed by atoms with Crippen LogP contribution in [0.2, 0.25) is 0 Å². The first-order valence-electron chi connectivity index (χ1n) is 4.24. The first-order valence-corrected chi connectivity index (χ1v) is 6.07. The summed E-state index contributed by atoms with van der Waals surface area (Å²) < 4.78 is 22.0. The van der Waals surface area contributed by atoms with Gasteiger partial charge < -0.3 is 5.11 Å². The molecule has 1 rings (SSSR count). The van der Waals surface area contributed by atoms with Gasteiger partial charge in [0.2, 0.25) is 5.91 Å². The van der Waals surface area contributed by atoms with Crippen LogP contribution in [0.5, 0.6) is 0 Å². The van der Waals surface area contributed by atoms with Gasteiger partial charge in [-0.3, -0.25) is 9.63 Å². The molecule has 1 amide bonds. The fourth-order valence-electron chi connectivity index (χ4n) is 1.25. The van der Waals surface area contributed by atoms with Gasteiger partial charge in [0.05, 0.1) is 17.4 Å². The number of hydrogen-bond acceptors (Lipinski definition) is 5. The highest BCUT2D eigenvalue weighted by molar-refractivity contribution is 7.91. The highest BCUT2D eigenvalue weighted by Crippen LogP contribution is 2.18. The molecule has 0 radical (unpaired) electrons. The number of carboxylic acid groups (broad SMARTS) is 1. The van der Waals surface area contributed by atoms with Gasteiger partial charge in [-0.25, -0.2) is 18.7 Å². The van der Waals surface area contributed by atoms with Gasteiger partial charge in [-0.1, -0.05) is 0 Å². The summed E-state index contributed by atoms with van der Waals surface area (Å²) in [7, 11) is -3.11. The molecule has 8 heteroatoms. The maximum Gasteiger partial charge on any atom is 0.332 e. The quantitative estimate of drug-likeness (QED) is 0.579. The van der Waals surface area contributed by atoms with Gasteiger partial charge in [0.25, 0.3) is 0 Å². The van der Waals surface area contributed by atoms with Crippen LogP contribution in [0, 0.1) is 5.92 Å². The predicted octanol–water partition coefficient (Wildman–Crippen LogP) is -1.45. The van der Waals surface area contributed by atoms with E-state index < -0.39 is 34.2 Å². The van der Waals surface area contributed by atoms with Gasteiger partial charge in [-0.2, -0.15) is 0 Å². The van der Waals surface area contributed by atoms with Crippen molar-refractivity contribution in [2.45, 2.75) is 6.42 Å². The lowest BCUT2D eigenvalue weighted by molar-refractivity contribution is -0.150. The third-order valence-corrected chi connectivity index (χ3v) is 3.74. The van der Waals surface area contributed by atoms with E-state index in [1.807, 2.05) is 5.48 Å². The lowest BCUT2D eigenvalue weighted by Gasteiger charge is -2.07. The molecule has 86 valence electrons. The van der Waals surface area contributed by atoms with Gasteiger partial charge >= 0.3 is 5.97 Å². The molecule has 1 heterocycles. The Hall–Kier alpha value is -1.15. The maximum atomic E-state index is 11.2. The van der Waals surface area contributed by atoms with Crippen LogP contribution in [0.25, 0.3) is 0 Å². The first kappa shape index (κ1) is 11.9. The molecule has 1 atom stereocenters. The van der Waals surface area contributed by atoms with E-state index in [-0.39, 0.29) is 17.9 Å². The summed E-state index contributed by atoms with van der Waals surface area (Å²) in [5.41, 5.74) is 1.91. The second kappa shape index (κ2) is 4.58. The van der Waals surface area contributed by atoms with E-state index in [2.05, 4.69) is 4.84 Å². The van der Waals surface area contributed by atoms with Crippen molar-refractivity contribution in [1.29, 1.82) is 0 Å². The Morgan fingerprint density at radius 1 is 1.47 bits per heavy atom. The van der Waals surface area contributed by atoms with Crippen LogP contribution in [0.1, 0.15) is 6.42 Å². The molecule has 1 aliphatic heterocycles. The minimum absolute atomic E-state index is 0.00990. The first-order chi connectivity index (χ1) is 6.91. The zero-order valence-corrected chi connectivity index (χ0v) is 8.62. The minimum Gasteiger partial charge on any atom is -0.479 e. The van der Waals surface area contributed by atoms with E-state index in [1.165, 1.54) is 0 Å². The third-order valence-electron chi connectivity index (χ3n) is 1.97. The number of sulfone groups is 1. The average molecular weight is 237 g/mol. The number of rotatable bonds is 4. The molecule has 1 aliphatic rings. The summed E-state index contributed by atoms with van der Waals surface area (Å²) in [6.07, 6.45) is 0.255. The summed E-state index contributed by atoms with van der Waals surface area (Å²) in [4.78, 5) is 25.6. The van der Waals surface area contributed by atoms with Gasteiger partial charge in [0.1, 0.15) is 0 Å². The van der Waals surface area contributed by atoms with Gasteiger partial charge in [0, 0.05) is 0 Å². The smallest absolute Gasteiger partial charge is 0.332 e. The summed E-state index contributed by atoms with van der Waals surface area (Å²) >= 11 is 0. The van der Waals surface area contributed by atoms with Gasteiger partial charge in [-0.05, 0) is 6.42 Å². The van der Waals surface area contributed by atoms with Crippen LogP contribution in [0.4, 0.5) is 0 Å². The zero-order chi connectivity index (χ0) is 11.5. The molecule has 0 aliphatic carbocycles. The molecular formula is C7H11NO6S. The fourth-order valence-corrected chi connectivity index (χ4v) is 3.00. The molecule has 0 aromatic heterocycles. The van der Waals surface area contributed by atoms with Crippen LogP contribution < -0.4 is 5.48 Å². The Balaban J connectivity index is 2.33. The van der Waals surface area contributed by atoms with E-state index >= 15 is 0 Å². The van der Waals surface area contributed by atoms with Crippen molar-refractivity contribution in [2.75, 3.05) is 18.1 Å². The fraction of sp³-hybridized carbons (Fsp3) is 0.714. The van der Waals surface area contributed by atoms with E-state index in [1.54, 1.807) is 0 Å². The number of aliphatic carboxylic acids is 1. The monoisotopic (exact) mass is 237 g/mol. The van der Waals surface area contributed by atoms with Crippen molar-refractivity contribution in [3.05, 3.63) is 0 Å². The molecule has 15 heavy (non-hydrogen) atoms. The largest absolute Gasteiger partial charge is 0.479 e. The number of nitrogens with one attached hydrogen (secondary N) is 1. The Morgan fingerprint density at radius 2 is 2.13 bits per heavy atom. The number of hydroxylamine groups is 1. The maximum absolute atomic E-state index is 11.2. The number of carbonyl (C=O) groups excluding carboxylic acids is 1. The molecule has 7 nitrogen and oxygen atoms in total. The second-order valence-electron chi connectivity index (χ2n) is 3.25. The van der Waals surface area contributed by atoms with Crippen molar-refractivity contribution in [2.24, 2.45) is 5.92 Å². The Morgan fingerprint density at radius 3 is 2.60 bits per heavy atom. The number of carbonyl (C=O) groups is 2. The molecule has 1 saturated heterocycles. The second-order valence-corrected chi connectivity index (χ2v) is 5.48. The van der Waals surface area contributed by atoms with Crippen molar-refractivity contribution in [3.63, 3.8) is 0 Å². The average Bonchev–Trinajstić information content (AvgIpc) is 2.45. The number of carboxylic acids is 1. The third kappa shape index (κ3) is 3.84. The topological polar surface area (TPSA) is 110 Å². The Kier molecular flexibility index (Phi) is 3.64. The van der Waals surface area contributed by atoms with Crippen LogP contribution in [0.15, 0.2) is 0 Å². The van der Waals surface area contributed by atoms with E-state index in [0.29, 0.717) is 0 Å². The van der Waals surface area contributed by atoms with Crippen molar-refractivity contribution < 1.29 is 28.0 Å². The molecule has 0 spiro atoms. The summed E-state index contributed by atoms with van der Waals surface area (Å²) in [5, 5.41) is 8.20. The molecule has 0 bridgehead atoms. The predicted molar refractivity (Wildman–Crippen MR) is 48.5 cm³/mol. The summed E-state index contributed by atoms with van der Waals surface area (Å²) in [6, 6.07) is 0. The molecular weight excluding hydrogens is 226 g/mol. The summed E-state index contributed by atoms with van der Waals surface area (Å²) in [5.74, 6) is -2.64. The molecule has 1 fully saturated rings. The van der Waals surface area contributed by atoms with Crippen LogP contribution >= 0.6 is 0 Å². The number of hydrogen-bond donors (Lipinski definition) is 2. The highest BCUT2D eigenvalue weighted by Gasteiger charge is 2.33. The highest BCUT2D eigenvalue weighted by atomic mass is 32.2. The zero-order valence-electron chi connectivity index (χ0n) is 7.80. The van der Waals surface area contributed by atoms with Crippen LogP contribution in [-0.2, 0) is 24.3 Å². The normalized spacial score (nSPS) is 23.6. The van der Waals surface area contributed by atoms with Crippen LogP contribution in [0.3, 0.4) is 0 Å². The SMILES string of the molecule is O=C(O)CONC(=O)C1CCS(=O)(=O)C1. The standard InChI is InChI=1S/C7H11NO6S/c9-6(10)3-14-8-7(11)5-1-2-15(12,13)4-5/h5H,1-4H2,(H,8,11)(H,9,10). The van der Waals surface area contributed by atoms with E-state index in [0.717, 1.165) is 0 Å². The Labute approximate surface area is 86.3 Å². The molecule has 0 saturated carbocycles. The molecule has 2 N–H and O–H groups in total. The van der Waals surface area contributed by atoms with Gasteiger partial charge in [-0.15, -0.1) is 0 Å². The van der Waals surface area contributed by atoms with Crippen molar-refractivity contribution >= 4 is 21.7 Å².